The van der Waals surface area contributed by atoms with Crippen LogP contribution in [0.4, 0.5) is 0 Å². The van der Waals surface area contributed by atoms with E-state index in [1.807, 2.05) is 6.92 Å². The summed E-state index contributed by atoms with van der Waals surface area (Å²) in [6.07, 6.45) is 4.73. The third kappa shape index (κ3) is 6.23. The summed E-state index contributed by atoms with van der Waals surface area (Å²) >= 11 is 0. The van der Waals surface area contributed by atoms with Crippen LogP contribution in [0, 0.1) is 5.41 Å². The fourth-order valence-corrected chi connectivity index (χ4v) is 2.70. The van der Waals surface area contributed by atoms with Crippen molar-refractivity contribution < 1.29 is 9.53 Å². The standard InChI is InChI=1S/C16H32N2O2/c1-5-10-17-14(15(19)20-6-2)13-18-11-7-8-16(3,4)9-12-18/h14,17H,5-13H2,1-4H3. The van der Waals surface area contributed by atoms with Crippen LogP contribution < -0.4 is 5.32 Å². The van der Waals surface area contributed by atoms with Crippen molar-refractivity contribution in [3.8, 4) is 0 Å². The number of carbonyl (C=O) groups excluding carboxylic acids is 1. The van der Waals surface area contributed by atoms with Gasteiger partial charge < -0.3 is 15.0 Å². The van der Waals surface area contributed by atoms with Crippen LogP contribution in [0.25, 0.3) is 0 Å². The van der Waals surface area contributed by atoms with E-state index in [9.17, 15) is 4.79 Å². The molecule has 1 fully saturated rings. The molecule has 0 aromatic heterocycles. The molecule has 0 saturated carbocycles. The Bertz CT molecular complexity index is 292. The van der Waals surface area contributed by atoms with Crippen LogP contribution in [0.1, 0.15) is 53.4 Å². The Labute approximate surface area is 124 Å². The molecule has 1 atom stereocenters. The molecule has 1 unspecified atom stereocenters. The molecule has 1 rings (SSSR count). The summed E-state index contributed by atoms with van der Waals surface area (Å²) in [5, 5.41) is 3.33. The maximum Gasteiger partial charge on any atom is 0.324 e. The van der Waals surface area contributed by atoms with Crippen molar-refractivity contribution in [1.82, 2.24) is 10.2 Å². The molecule has 1 aliphatic heterocycles. The predicted octanol–water partition coefficient (Wildman–Crippen LogP) is 2.43. The van der Waals surface area contributed by atoms with Gasteiger partial charge in [-0.3, -0.25) is 4.79 Å². The molecule has 0 aliphatic carbocycles. The van der Waals surface area contributed by atoms with Crippen LogP contribution in [0.3, 0.4) is 0 Å². The molecule has 0 spiro atoms. The Hall–Kier alpha value is -0.610. The van der Waals surface area contributed by atoms with Crippen LogP contribution in [0.2, 0.25) is 0 Å². The molecule has 1 N–H and O–H groups in total. The Kier molecular flexibility index (Phi) is 7.52. The number of carbonyl (C=O) groups is 1. The van der Waals surface area contributed by atoms with E-state index in [0.717, 1.165) is 32.6 Å². The molecule has 4 heteroatoms. The Morgan fingerprint density at radius 1 is 1.30 bits per heavy atom. The fourth-order valence-electron chi connectivity index (χ4n) is 2.70. The minimum absolute atomic E-state index is 0.107. The number of esters is 1. The third-order valence-corrected chi connectivity index (χ3v) is 4.09. The topological polar surface area (TPSA) is 41.6 Å². The maximum absolute atomic E-state index is 12.0. The van der Waals surface area contributed by atoms with Gasteiger partial charge in [0.2, 0.25) is 0 Å². The first-order chi connectivity index (χ1) is 9.48. The number of hydrogen-bond acceptors (Lipinski definition) is 4. The zero-order valence-corrected chi connectivity index (χ0v) is 13.7. The van der Waals surface area contributed by atoms with Gasteiger partial charge in [0.25, 0.3) is 0 Å². The highest BCUT2D eigenvalue weighted by atomic mass is 16.5. The highest BCUT2D eigenvalue weighted by Gasteiger charge is 2.27. The van der Waals surface area contributed by atoms with Crippen LogP contribution in [-0.4, -0.2) is 49.7 Å². The number of ether oxygens (including phenoxy) is 1. The molecule has 0 aromatic carbocycles. The summed E-state index contributed by atoms with van der Waals surface area (Å²) in [6.45, 7) is 12.9. The molecule has 0 aromatic rings. The lowest BCUT2D eigenvalue weighted by atomic mass is 9.85. The minimum atomic E-state index is -0.184. The molecule has 1 saturated heterocycles. The van der Waals surface area contributed by atoms with Crippen molar-refractivity contribution in [2.24, 2.45) is 5.41 Å². The molecule has 1 heterocycles. The van der Waals surface area contributed by atoms with E-state index in [1.54, 1.807) is 0 Å². The van der Waals surface area contributed by atoms with Crippen molar-refractivity contribution >= 4 is 5.97 Å². The van der Waals surface area contributed by atoms with Gasteiger partial charge in [0.05, 0.1) is 6.61 Å². The second kappa shape index (κ2) is 8.63. The number of nitrogens with zero attached hydrogens (tertiary/aromatic N) is 1. The number of nitrogens with one attached hydrogen (secondary N) is 1. The van der Waals surface area contributed by atoms with Crippen molar-refractivity contribution in [3.63, 3.8) is 0 Å². The highest BCUT2D eigenvalue weighted by molar-refractivity contribution is 5.76. The smallest absolute Gasteiger partial charge is 0.324 e. The van der Waals surface area contributed by atoms with Gasteiger partial charge in [-0.2, -0.15) is 0 Å². The second-order valence-corrected chi connectivity index (χ2v) is 6.58. The molecule has 0 radical (unpaired) electrons. The Morgan fingerprint density at radius 2 is 2.05 bits per heavy atom. The quantitative estimate of drug-likeness (QED) is 0.729. The summed E-state index contributed by atoms with van der Waals surface area (Å²) < 4.78 is 5.19. The molecule has 0 amide bonds. The summed E-state index contributed by atoms with van der Waals surface area (Å²) in [6, 6.07) is -0.184. The summed E-state index contributed by atoms with van der Waals surface area (Å²) in [7, 11) is 0. The lowest BCUT2D eigenvalue weighted by Crippen LogP contribution is -2.47. The zero-order chi connectivity index (χ0) is 15.0. The average Bonchev–Trinajstić information content (AvgIpc) is 2.56. The molecule has 4 nitrogen and oxygen atoms in total. The lowest BCUT2D eigenvalue weighted by Gasteiger charge is -2.26. The minimum Gasteiger partial charge on any atom is -0.465 e. The van der Waals surface area contributed by atoms with E-state index in [-0.39, 0.29) is 12.0 Å². The molecular formula is C16H32N2O2. The first kappa shape index (κ1) is 17.4. The summed E-state index contributed by atoms with van der Waals surface area (Å²) in [5.74, 6) is -0.107. The van der Waals surface area contributed by atoms with Gasteiger partial charge in [0.15, 0.2) is 0 Å². The van der Waals surface area contributed by atoms with Crippen LogP contribution in [-0.2, 0) is 9.53 Å². The maximum atomic E-state index is 12.0. The fraction of sp³-hybridized carbons (Fsp3) is 0.938. The number of likely N-dealkylation sites (tertiary alicyclic amines) is 1. The summed E-state index contributed by atoms with van der Waals surface area (Å²) in [5.41, 5.74) is 0.436. The molecule has 20 heavy (non-hydrogen) atoms. The van der Waals surface area contributed by atoms with Gasteiger partial charge >= 0.3 is 5.97 Å². The molecule has 118 valence electrons. The van der Waals surface area contributed by atoms with Crippen LogP contribution in [0.15, 0.2) is 0 Å². The predicted molar refractivity (Wildman–Crippen MR) is 82.8 cm³/mol. The van der Waals surface area contributed by atoms with Crippen molar-refractivity contribution in [3.05, 3.63) is 0 Å². The molecule has 1 aliphatic rings. The second-order valence-electron chi connectivity index (χ2n) is 6.58. The van der Waals surface area contributed by atoms with Gasteiger partial charge in [-0.1, -0.05) is 20.8 Å². The Morgan fingerprint density at radius 3 is 2.70 bits per heavy atom. The normalized spacial score (nSPS) is 21.2. The SMILES string of the molecule is CCCNC(CN1CCCC(C)(C)CC1)C(=O)OCC. The van der Waals surface area contributed by atoms with Gasteiger partial charge in [-0.25, -0.2) is 0 Å². The largest absolute Gasteiger partial charge is 0.465 e. The van der Waals surface area contributed by atoms with Gasteiger partial charge in [-0.15, -0.1) is 0 Å². The summed E-state index contributed by atoms with van der Waals surface area (Å²) in [4.78, 5) is 14.4. The number of hydrogen-bond donors (Lipinski definition) is 1. The highest BCUT2D eigenvalue weighted by Crippen LogP contribution is 2.29. The first-order valence-electron chi connectivity index (χ1n) is 8.11. The van der Waals surface area contributed by atoms with Crippen LogP contribution >= 0.6 is 0 Å². The van der Waals surface area contributed by atoms with E-state index >= 15 is 0 Å². The van der Waals surface area contributed by atoms with E-state index in [4.69, 9.17) is 4.74 Å². The van der Waals surface area contributed by atoms with Crippen molar-refractivity contribution in [1.29, 1.82) is 0 Å². The average molecular weight is 284 g/mol. The third-order valence-electron chi connectivity index (χ3n) is 4.09. The Balaban J connectivity index is 2.52. The number of rotatable bonds is 7. The van der Waals surface area contributed by atoms with E-state index < -0.39 is 0 Å². The van der Waals surface area contributed by atoms with Gasteiger partial charge in [-0.05, 0) is 57.7 Å². The van der Waals surface area contributed by atoms with Gasteiger partial charge in [0.1, 0.15) is 6.04 Å². The van der Waals surface area contributed by atoms with Gasteiger partial charge in [0, 0.05) is 6.54 Å². The first-order valence-corrected chi connectivity index (χ1v) is 8.11. The zero-order valence-electron chi connectivity index (χ0n) is 13.7. The molecule has 0 bridgehead atoms. The van der Waals surface area contributed by atoms with E-state index in [0.29, 0.717) is 12.0 Å². The van der Waals surface area contributed by atoms with Crippen molar-refractivity contribution in [2.45, 2.75) is 59.4 Å². The monoisotopic (exact) mass is 284 g/mol. The van der Waals surface area contributed by atoms with E-state index in [2.05, 4.69) is 31.0 Å². The molecular weight excluding hydrogens is 252 g/mol. The van der Waals surface area contributed by atoms with Crippen molar-refractivity contribution in [2.75, 3.05) is 32.8 Å². The van der Waals surface area contributed by atoms with Crippen LogP contribution in [0.5, 0.6) is 0 Å². The lowest BCUT2D eigenvalue weighted by molar-refractivity contribution is -0.146. The van der Waals surface area contributed by atoms with E-state index in [1.165, 1.54) is 19.3 Å².